The number of hydrogen-bond donors (Lipinski definition) is 0. The van der Waals surface area contributed by atoms with Gasteiger partial charge in [-0.05, 0) is 29.2 Å². The second-order valence-corrected chi connectivity index (χ2v) is 6.57. The molecule has 25 heavy (non-hydrogen) atoms. The minimum atomic E-state index is -0.554. The zero-order valence-corrected chi connectivity index (χ0v) is 14.5. The third kappa shape index (κ3) is 5.04. The average Bonchev–Trinajstić information content (AvgIpc) is 2.58. The van der Waals surface area contributed by atoms with Crippen LogP contribution >= 0.6 is 0 Å². The number of ether oxygens (including phenoxy) is 2. The van der Waals surface area contributed by atoms with E-state index in [1.165, 1.54) is 23.8 Å². The molecule has 0 heterocycles. The van der Waals surface area contributed by atoms with Crippen molar-refractivity contribution in [3.8, 4) is 11.5 Å². The lowest BCUT2D eigenvalue weighted by Crippen LogP contribution is -2.12. The van der Waals surface area contributed by atoms with E-state index < -0.39 is 4.92 Å². The van der Waals surface area contributed by atoms with E-state index in [4.69, 9.17) is 9.47 Å². The van der Waals surface area contributed by atoms with Crippen LogP contribution in [0.2, 0.25) is 0 Å². The van der Waals surface area contributed by atoms with Crippen molar-refractivity contribution in [1.82, 2.24) is 0 Å². The summed E-state index contributed by atoms with van der Waals surface area (Å²) >= 11 is 0. The molecule has 0 saturated heterocycles. The van der Waals surface area contributed by atoms with E-state index in [0.717, 1.165) is 5.75 Å². The Kier molecular flexibility index (Phi) is 5.75. The van der Waals surface area contributed by atoms with Gasteiger partial charge in [-0.25, -0.2) is 0 Å². The lowest BCUT2D eigenvalue weighted by Gasteiger charge is -2.19. The number of carbonyl (C=O) groups excluding carboxylic acids is 1. The van der Waals surface area contributed by atoms with Crippen LogP contribution in [0.1, 0.15) is 36.7 Å². The summed E-state index contributed by atoms with van der Waals surface area (Å²) in [7, 11) is 0. The van der Waals surface area contributed by atoms with Gasteiger partial charge in [-0.2, -0.15) is 0 Å². The number of benzene rings is 2. The summed E-state index contributed by atoms with van der Waals surface area (Å²) < 4.78 is 11.1. The van der Waals surface area contributed by atoms with Gasteiger partial charge in [0.25, 0.3) is 5.69 Å². The van der Waals surface area contributed by atoms with Gasteiger partial charge in [0, 0.05) is 12.1 Å². The molecule has 0 saturated carbocycles. The molecule has 0 radical (unpaired) electrons. The van der Waals surface area contributed by atoms with Crippen LogP contribution in [0.3, 0.4) is 0 Å². The van der Waals surface area contributed by atoms with E-state index in [1.807, 2.05) is 24.3 Å². The van der Waals surface area contributed by atoms with Crippen molar-refractivity contribution in [3.63, 3.8) is 0 Å². The molecular formula is C19H21NO5. The van der Waals surface area contributed by atoms with E-state index >= 15 is 0 Å². The first-order valence-corrected chi connectivity index (χ1v) is 7.91. The predicted octanol–water partition coefficient (Wildman–Crippen LogP) is 4.16. The number of rotatable bonds is 7. The maximum atomic E-state index is 11.0. The molecular weight excluding hydrogens is 322 g/mol. The Balaban J connectivity index is 1.89. The van der Waals surface area contributed by atoms with Crippen LogP contribution in [0.5, 0.6) is 11.5 Å². The summed E-state index contributed by atoms with van der Waals surface area (Å²) in [6.07, 6.45) is 0.536. The van der Waals surface area contributed by atoms with Gasteiger partial charge in [0.15, 0.2) is 6.29 Å². The molecule has 0 spiro atoms. The van der Waals surface area contributed by atoms with Crippen molar-refractivity contribution in [2.45, 2.75) is 26.2 Å². The molecule has 0 fully saturated rings. The Morgan fingerprint density at radius 1 is 1.04 bits per heavy atom. The third-order valence-corrected chi connectivity index (χ3v) is 3.66. The van der Waals surface area contributed by atoms with E-state index in [9.17, 15) is 14.9 Å². The molecule has 2 aromatic rings. The summed E-state index contributed by atoms with van der Waals surface area (Å²) in [6.45, 7) is 6.95. The summed E-state index contributed by atoms with van der Waals surface area (Å²) in [5.41, 5.74) is 1.30. The van der Waals surface area contributed by atoms with Gasteiger partial charge >= 0.3 is 0 Å². The average molecular weight is 343 g/mol. The maximum absolute atomic E-state index is 11.0. The summed E-state index contributed by atoms with van der Waals surface area (Å²) in [6, 6.07) is 11.8. The van der Waals surface area contributed by atoms with E-state index in [0.29, 0.717) is 18.6 Å². The smallest absolute Gasteiger partial charge is 0.270 e. The van der Waals surface area contributed by atoms with Gasteiger partial charge in [0.05, 0.1) is 10.5 Å². The summed E-state index contributed by atoms with van der Waals surface area (Å²) in [4.78, 5) is 21.2. The molecule has 0 aromatic heterocycles. The Bertz CT molecular complexity index is 747. The monoisotopic (exact) mass is 343 g/mol. The number of non-ortho nitro benzene ring substituents is 1. The van der Waals surface area contributed by atoms with Crippen molar-refractivity contribution in [2.24, 2.45) is 0 Å². The van der Waals surface area contributed by atoms with Crippen molar-refractivity contribution < 1.29 is 19.2 Å². The molecule has 6 nitrogen and oxygen atoms in total. The third-order valence-electron chi connectivity index (χ3n) is 3.66. The second-order valence-electron chi connectivity index (χ2n) is 6.57. The largest absolute Gasteiger partial charge is 0.490 e. The van der Waals surface area contributed by atoms with Crippen molar-refractivity contribution >= 4 is 12.0 Å². The first-order valence-electron chi connectivity index (χ1n) is 7.91. The fraction of sp³-hybridized carbons (Fsp3) is 0.316. The van der Waals surface area contributed by atoms with Crippen molar-refractivity contribution in [3.05, 3.63) is 63.7 Å². The topological polar surface area (TPSA) is 78.7 Å². The molecule has 0 unspecified atom stereocenters. The molecule has 0 aliphatic rings. The maximum Gasteiger partial charge on any atom is 0.270 e. The zero-order valence-electron chi connectivity index (χ0n) is 14.5. The first kappa shape index (κ1) is 18.4. The second kappa shape index (κ2) is 7.79. The highest BCUT2D eigenvalue weighted by molar-refractivity contribution is 5.80. The molecule has 0 N–H and O–H groups in total. The standard InChI is InChI=1S/C19H21NO5/c1-19(2,3)15-4-7-17(8-5-15)24-10-11-25-18-9-6-16(20(22)23)12-14(18)13-21/h4-9,12-13H,10-11H2,1-3H3. The normalized spacial score (nSPS) is 11.0. The van der Waals surface area contributed by atoms with Crippen LogP contribution in [-0.2, 0) is 5.41 Å². The number of carbonyl (C=O) groups is 1. The molecule has 6 heteroatoms. The molecule has 2 rings (SSSR count). The molecule has 0 aliphatic carbocycles. The highest BCUT2D eigenvalue weighted by Gasteiger charge is 2.13. The van der Waals surface area contributed by atoms with Crippen LogP contribution in [-0.4, -0.2) is 24.4 Å². The number of nitrogens with zero attached hydrogens (tertiary/aromatic N) is 1. The highest BCUT2D eigenvalue weighted by atomic mass is 16.6. The van der Waals surface area contributed by atoms with Crippen LogP contribution < -0.4 is 9.47 Å². The van der Waals surface area contributed by atoms with Crippen molar-refractivity contribution in [2.75, 3.05) is 13.2 Å². The Labute approximate surface area is 146 Å². The fourth-order valence-electron chi connectivity index (χ4n) is 2.24. The first-order chi connectivity index (χ1) is 11.8. The molecule has 0 amide bonds. The van der Waals surface area contributed by atoms with Crippen LogP contribution in [0.25, 0.3) is 0 Å². The number of nitro benzene ring substituents is 1. The van der Waals surface area contributed by atoms with Gasteiger partial charge in [-0.15, -0.1) is 0 Å². The Morgan fingerprint density at radius 2 is 1.68 bits per heavy atom. The SMILES string of the molecule is CC(C)(C)c1ccc(OCCOc2ccc([N+](=O)[O-])cc2C=O)cc1. The Hall–Kier alpha value is -2.89. The molecule has 2 aromatic carbocycles. The number of hydrogen-bond acceptors (Lipinski definition) is 5. The highest BCUT2D eigenvalue weighted by Crippen LogP contribution is 2.25. The molecule has 0 aliphatic heterocycles. The van der Waals surface area contributed by atoms with Crippen LogP contribution in [0, 0.1) is 10.1 Å². The fourth-order valence-corrected chi connectivity index (χ4v) is 2.24. The quantitative estimate of drug-likeness (QED) is 0.326. The molecule has 132 valence electrons. The van der Waals surface area contributed by atoms with E-state index in [-0.39, 0.29) is 23.3 Å². The van der Waals surface area contributed by atoms with Gasteiger partial charge in [0.1, 0.15) is 24.7 Å². The minimum Gasteiger partial charge on any atom is -0.490 e. The van der Waals surface area contributed by atoms with Crippen LogP contribution in [0.15, 0.2) is 42.5 Å². The lowest BCUT2D eigenvalue weighted by molar-refractivity contribution is -0.384. The predicted molar refractivity (Wildman–Crippen MR) is 94.6 cm³/mol. The lowest BCUT2D eigenvalue weighted by atomic mass is 9.87. The number of aldehydes is 1. The van der Waals surface area contributed by atoms with Gasteiger partial charge < -0.3 is 9.47 Å². The van der Waals surface area contributed by atoms with Gasteiger partial charge in [-0.3, -0.25) is 14.9 Å². The number of nitro groups is 1. The summed E-state index contributed by atoms with van der Waals surface area (Å²) in [5.74, 6) is 1.03. The van der Waals surface area contributed by atoms with Crippen molar-refractivity contribution in [1.29, 1.82) is 0 Å². The Morgan fingerprint density at radius 3 is 2.24 bits per heavy atom. The van der Waals surface area contributed by atoms with Gasteiger partial charge in [-0.1, -0.05) is 32.9 Å². The molecule has 0 atom stereocenters. The van der Waals surface area contributed by atoms with Gasteiger partial charge in [0.2, 0.25) is 0 Å². The van der Waals surface area contributed by atoms with Crippen LogP contribution in [0.4, 0.5) is 5.69 Å². The molecule has 0 bridgehead atoms. The summed E-state index contributed by atoms with van der Waals surface area (Å²) in [5, 5.41) is 10.7. The van der Waals surface area contributed by atoms with E-state index in [2.05, 4.69) is 20.8 Å². The zero-order chi connectivity index (χ0) is 18.4. The van der Waals surface area contributed by atoms with E-state index in [1.54, 1.807) is 0 Å². The minimum absolute atomic E-state index is 0.0861.